The lowest BCUT2D eigenvalue weighted by Gasteiger charge is -2.20. The summed E-state index contributed by atoms with van der Waals surface area (Å²) in [4.78, 5) is 11.3. The van der Waals surface area contributed by atoms with Crippen LogP contribution in [0.15, 0.2) is 18.2 Å². The molecule has 0 aliphatic heterocycles. The summed E-state index contributed by atoms with van der Waals surface area (Å²) >= 11 is 0. The molecule has 3 nitrogen and oxygen atoms in total. The quantitative estimate of drug-likeness (QED) is 0.817. The van der Waals surface area contributed by atoms with Crippen LogP contribution in [0.25, 0.3) is 0 Å². The molecule has 0 aromatic heterocycles. The van der Waals surface area contributed by atoms with E-state index in [1.807, 2.05) is 19.9 Å². The lowest BCUT2D eigenvalue weighted by molar-refractivity contribution is -0.121. The van der Waals surface area contributed by atoms with Crippen molar-refractivity contribution in [3.05, 3.63) is 34.9 Å². The second kappa shape index (κ2) is 5.82. The molecule has 1 unspecified atom stereocenters. The molecule has 0 fully saturated rings. The number of nitrogens with two attached hydrogens (primary N) is 1. The van der Waals surface area contributed by atoms with Crippen LogP contribution in [0.2, 0.25) is 0 Å². The van der Waals surface area contributed by atoms with Crippen LogP contribution in [-0.2, 0) is 11.3 Å². The first-order chi connectivity index (χ1) is 7.93. The summed E-state index contributed by atoms with van der Waals surface area (Å²) in [7, 11) is 0. The van der Waals surface area contributed by atoms with Crippen LogP contribution < -0.4 is 11.1 Å². The summed E-state index contributed by atoms with van der Waals surface area (Å²) in [5.41, 5.74) is 9.13. The highest BCUT2D eigenvalue weighted by atomic mass is 16.1. The van der Waals surface area contributed by atoms with E-state index in [-0.39, 0.29) is 17.9 Å². The lowest BCUT2D eigenvalue weighted by atomic mass is 10.0. The van der Waals surface area contributed by atoms with Crippen LogP contribution in [0.1, 0.15) is 30.5 Å². The zero-order valence-electron chi connectivity index (χ0n) is 11.1. The van der Waals surface area contributed by atoms with Crippen LogP contribution in [0.5, 0.6) is 0 Å². The number of hydrogen-bond acceptors (Lipinski definition) is 2. The van der Waals surface area contributed by atoms with Gasteiger partial charge in [0.15, 0.2) is 0 Å². The first-order valence-electron chi connectivity index (χ1n) is 6.01. The van der Waals surface area contributed by atoms with Gasteiger partial charge in [-0.3, -0.25) is 4.79 Å². The monoisotopic (exact) mass is 234 g/mol. The summed E-state index contributed by atoms with van der Waals surface area (Å²) in [6.07, 6.45) is 0. The van der Waals surface area contributed by atoms with E-state index in [0.717, 1.165) is 0 Å². The average molecular weight is 234 g/mol. The van der Waals surface area contributed by atoms with Crippen molar-refractivity contribution in [2.24, 2.45) is 11.7 Å². The first kappa shape index (κ1) is 13.7. The van der Waals surface area contributed by atoms with Crippen LogP contribution in [-0.4, -0.2) is 11.9 Å². The standard InChI is InChI=1S/C14H22N2O/c1-9(2)13(14(15)17)16-8-12-7-5-6-10(3)11(12)4/h5-7,9,13,16H,8H2,1-4H3,(H2,15,17). The third kappa shape index (κ3) is 3.56. The molecule has 0 radical (unpaired) electrons. The summed E-state index contributed by atoms with van der Waals surface area (Å²) < 4.78 is 0. The SMILES string of the molecule is Cc1cccc(CNC(C(N)=O)C(C)C)c1C. The second-order valence-electron chi connectivity index (χ2n) is 4.86. The van der Waals surface area contributed by atoms with Crippen molar-refractivity contribution in [1.82, 2.24) is 5.32 Å². The Hall–Kier alpha value is -1.35. The van der Waals surface area contributed by atoms with Crippen LogP contribution in [0.3, 0.4) is 0 Å². The Morgan fingerprint density at radius 3 is 2.53 bits per heavy atom. The highest BCUT2D eigenvalue weighted by molar-refractivity contribution is 5.80. The molecule has 0 saturated carbocycles. The van der Waals surface area contributed by atoms with Crippen molar-refractivity contribution in [2.45, 2.75) is 40.3 Å². The minimum Gasteiger partial charge on any atom is -0.368 e. The van der Waals surface area contributed by atoms with Gasteiger partial charge in [-0.1, -0.05) is 32.0 Å². The van der Waals surface area contributed by atoms with E-state index in [0.29, 0.717) is 6.54 Å². The Bertz CT molecular complexity index is 399. The average Bonchev–Trinajstić information content (AvgIpc) is 2.23. The van der Waals surface area contributed by atoms with Crippen LogP contribution in [0, 0.1) is 19.8 Å². The van der Waals surface area contributed by atoms with Crippen molar-refractivity contribution >= 4 is 5.91 Å². The van der Waals surface area contributed by atoms with Crippen LogP contribution in [0.4, 0.5) is 0 Å². The summed E-state index contributed by atoms with van der Waals surface area (Å²) in [5.74, 6) is -0.0806. The third-order valence-electron chi connectivity index (χ3n) is 3.20. The molecular formula is C14H22N2O. The maximum absolute atomic E-state index is 11.3. The third-order valence-corrected chi connectivity index (χ3v) is 3.20. The Morgan fingerprint density at radius 1 is 1.35 bits per heavy atom. The minimum absolute atomic E-state index is 0.206. The smallest absolute Gasteiger partial charge is 0.234 e. The van der Waals surface area contributed by atoms with E-state index in [1.165, 1.54) is 16.7 Å². The lowest BCUT2D eigenvalue weighted by Crippen LogP contribution is -2.44. The van der Waals surface area contributed by atoms with Crippen molar-refractivity contribution in [2.75, 3.05) is 0 Å². The molecule has 1 amide bonds. The van der Waals surface area contributed by atoms with Crippen molar-refractivity contribution < 1.29 is 4.79 Å². The number of nitrogens with one attached hydrogen (secondary N) is 1. The normalized spacial score (nSPS) is 12.8. The first-order valence-corrected chi connectivity index (χ1v) is 6.01. The predicted molar refractivity (Wildman–Crippen MR) is 70.6 cm³/mol. The molecule has 0 aliphatic rings. The molecule has 1 aromatic rings. The molecule has 3 heteroatoms. The molecule has 17 heavy (non-hydrogen) atoms. The van der Waals surface area contributed by atoms with E-state index in [4.69, 9.17) is 5.73 Å². The van der Waals surface area contributed by atoms with Crippen molar-refractivity contribution in [3.63, 3.8) is 0 Å². The Balaban J connectivity index is 2.72. The molecule has 3 N–H and O–H groups in total. The molecule has 0 aliphatic carbocycles. The van der Waals surface area contributed by atoms with Gasteiger partial charge >= 0.3 is 0 Å². The highest BCUT2D eigenvalue weighted by Crippen LogP contribution is 2.13. The van der Waals surface area contributed by atoms with Gasteiger partial charge in [0.05, 0.1) is 6.04 Å². The number of amides is 1. The van der Waals surface area contributed by atoms with Gasteiger partial charge in [0.25, 0.3) is 0 Å². The molecule has 1 aromatic carbocycles. The van der Waals surface area contributed by atoms with Gasteiger partial charge < -0.3 is 11.1 Å². The number of primary amides is 1. The van der Waals surface area contributed by atoms with Gasteiger partial charge in [0.1, 0.15) is 0 Å². The summed E-state index contributed by atoms with van der Waals surface area (Å²) in [6, 6.07) is 5.93. The molecule has 0 heterocycles. The molecule has 0 saturated heterocycles. The van der Waals surface area contributed by atoms with Gasteiger partial charge in [-0.05, 0) is 36.5 Å². The van der Waals surface area contributed by atoms with E-state index < -0.39 is 0 Å². The number of benzene rings is 1. The molecule has 0 bridgehead atoms. The summed E-state index contributed by atoms with van der Waals surface area (Å²) in [5, 5.41) is 3.23. The molecule has 0 spiro atoms. The maximum atomic E-state index is 11.3. The van der Waals surface area contributed by atoms with Crippen molar-refractivity contribution in [3.8, 4) is 0 Å². The minimum atomic E-state index is -0.287. The molecular weight excluding hydrogens is 212 g/mol. The van der Waals surface area contributed by atoms with E-state index >= 15 is 0 Å². The maximum Gasteiger partial charge on any atom is 0.234 e. The zero-order valence-corrected chi connectivity index (χ0v) is 11.1. The highest BCUT2D eigenvalue weighted by Gasteiger charge is 2.18. The molecule has 1 rings (SSSR count). The zero-order chi connectivity index (χ0) is 13.0. The van der Waals surface area contributed by atoms with Gasteiger partial charge in [-0.25, -0.2) is 0 Å². The van der Waals surface area contributed by atoms with Gasteiger partial charge in [0.2, 0.25) is 5.91 Å². The summed E-state index contributed by atoms with van der Waals surface area (Å²) in [6.45, 7) is 8.85. The van der Waals surface area contributed by atoms with Gasteiger partial charge in [0, 0.05) is 6.54 Å². The topological polar surface area (TPSA) is 55.1 Å². The Labute approximate surface area is 103 Å². The second-order valence-corrected chi connectivity index (χ2v) is 4.86. The Morgan fingerprint density at radius 2 is 2.00 bits per heavy atom. The van der Waals surface area contributed by atoms with Gasteiger partial charge in [-0.2, -0.15) is 0 Å². The fourth-order valence-electron chi connectivity index (χ4n) is 1.89. The van der Waals surface area contributed by atoms with E-state index in [9.17, 15) is 4.79 Å². The van der Waals surface area contributed by atoms with Crippen LogP contribution >= 0.6 is 0 Å². The van der Waals surface area contributed by atoms with E-state index in [2.05, 4.69) is 31.3 Å². The largest absolute Gasteiger partial charge is 0.368 e. The number of carbonyl (C=O) groups excluding carboxylic acids is 1. The van der Waals surface area contributed by atoms with Gasteiger partial charge in [-0.15, -0.1) is 0 Å². The number of aryl methyl sites for hydroxylation is 1. The molecule has 1 atom stereocenters. The fraction of sp³-hybridized carbons (Fsp3) is 0.500. The Kier molecular flexibility index (Phi) is 4.70. The fourth-order valence-corrected chi connectivity index (χ4v) is 1.89. The van der Waals surface area contributed by atoms with E-state index in [1.54, 1.807) is 0 Å². The number of carbonyl (C=O) groups is 1. The predicted octanol–water partition coefficient (Wildman–Crippen LogP) is 1.90. The molecule has 94 valence electrons. The number of rotatable bonds is 5. The van der Waals surface area contributed by atoms with Crippen molar-refractivity contribution in [1.29, 1.82) is 0 Å². The number of hydrogen-bond donors (Lipinski definition) is 2.